The number of furan rings is 1. The number of rotatable bonds is 2. The lowest BCUT2D eigenvalue weighted by Crippen LogP contribution is -2.00. The summed E-state index contributed by atoms with van der Waals surface area (Å²) in [5.41, 5.74) is 3.47. The van der Waals surface area contributed by atoms with Crippen LogP contribution in [0.1, 0.15) is 27.0 Å². The van der Waals surface area contributed by atoms with E-state index in [9.17, 15) is 9.90 Å². The van der Waals surface area contributed by atoms with E-state index in [-0.39, 0.29) is 11.5 Å². The first-order chi connectivity index (χ1) is 9.58. The van der Waals surface area contributed by atoms with E-state index in [1.165, 1.54) is 6.26 Å². The third kappa shape index (κ3) is 1.88. The van der Waals surface area contributed by atoms with Gasteiger partial charge in [-0.25, -0.2) is 0 Å². The highest BCUT2D eigenvalue weighted by Gasteiger charge is 2.18. The normalized spacial score (nSPS) is 10.9. The van der Waals surface area contributed by atoms with Crippen LogP contribution in [0.3, 0.4) is 0 Å². The molecule has 1 heterocycles. The van der Waals surface area contributed by atoms with Crippen molar-refractivity contribution < 1.29 is 14.3 Å². The summed E-state index contributed by atoms with van der Waals surface area (Å²) < 4.78 is 5.42. The summed E-state index contributed by atoms with van der Waals surface area (Å²) >= 11 is 0. The fourth-order valence-corrected chi connectivity index (χ4v) is 2.32. The molecule has 0 aliphatic rings. The van der Waals surface area contributed by atoms with Gasteiger partial charge in [-0.1, -0.05) is 29.8 Å². The largest absolute Gasteiger partial charge is 0.508 e. The van der Waals surface area contributed by atoms with Crippen molar-refractivity contribution in [2.75, 3.05) is 0 Å². The molecule has 0 unspecified atom stereocenters. The molecule has 0 saturated carbocycles. The van der Waals surface area contributed by atoms with Gasteiger partial charge in [0.2, 0.25) is 0 Å². The van der Waals surface area contributed by atoms with Crippen LogP contribution in [0.5, 0.6) is 5.75 Å². The number of benzene rings is 2. The van der Waals surface area contributed by atoms with E-state index < -0.39 is 0 Å². The molecule has 1 aromatic heterocycles. The lowest BCUT2D eigenvalue weighted by atomic mass is 9.99. The number of hydrogen-bond acceptors (Lipinski definition) is 3. The SMILES string of the molecule is Cc1ccc(C(=O)c2coc3ccc(O)c(C)c23)cc1. The average molecular weight is 266 g/mol. The van der Waals surface area contributed by atoms with Crippen LogP contribution in [0, 0.1) is 13.8 Å². The standard InChI is InChI=1S/C17H14O3/c1-10-3-5-12(6-4-10)17(19)13-9-20-15-8-7-14(18)11(2)16(13)15/h3-9,18H,1-2H3. The molecule has 0 aliphatic heterocycles. The third-order valence-electron chi connectivity index (χ3n) is 3.53. The zero-order valence-corrected chi connectivity index (χ0v) is 11.3. The molecule has 3 heteroatoms. The highest BCUT2D eigenvalue weighted by molar-refractivity contribution is 6.16. The van der Waals surface area contributed by atoms with Gasteiger partial charge in [-0.3, -0.25) is 4.79 Å². The van der Waals surface area contributed by atoms with Crippen molar-refractivity contribution in [3.8, 4) is 5.75 Å². The molecule has 2 aromatic carbocycles. The third-order valence-corrected chi connectivity index (χ3v) is 3.53. The van der Waals surface area contributed by atoms with Crippen molar-refractivity contribution in [3.63, 3.8) is 0 Å². The number of aryl methyl sites for hydroxylation is 2. The van der Waals surface area contributed by atoms with E-state index in [0.717, 1.165) is 5.56 Å². The summed E-state index contributed by atoms with van der Waals surface area (Å²) in [6.07, 6.45) is 1.46. The summed E-state index contributed by atoms with van der Waals surface area (Å²) in [5.74, 6) is 0.0642. The minimum Gasteiger partial charge on any atom is -0.508 e. The van der Waals surface area contributed by atoms with Gasteiger partial charge in [-0.2, -0.15) is 0 Å². The Morgan fingerprint density at radius 3 is 2.45 bits per heavy atom. The second kappa shape index (κ2) is 4.53. The van der Waals surface area contributed by atoms with Gasteiger partial charge in [0.25, 0.3) is 0 Å². The fraction of sp³-hybridized carbons (Fsp3) is 0.118. The van der Waals surface area contributed by atoms with Crippen molar-refractivity contribution in [2.24, 2.45) is 0 Å². The van der Waals surface area contributed by atoms with E-state index in [1.54, 1.807) is 31.2 Å². The summed E-state index contributed by atoms with van der Waals surface area (Å²) in [6, 6.07) is 10.6. The first-order valence-corrected chi connectivity index (χ1v) is 6.39. The van der Waals surface area contributed by atoms with Crippen LogP contribution >= 0.6 is 0 Å². The highest BCUT2D eigenvalue weighted by Crippen LogP contribution is 2.31. The smallest absolute Gasteiger partial charge is 0.196 e. The van der Waals surface area contributed by atoms with Crippen molar-refractivity contribution in [1.82, 2.24) is 0 Å². The Balaban J connectivity index is 2.17. The van der Waals surface area contributed by atoms with Crippen LogP contribution in [-0.2, 0) is 0 Å². The monoisotopic (exact) mass is 266 g/mol. The van der Waals surface area contributed by atoms with Crippen LogP contribution in [0.25, 0.3) is 11.0 Å². The molecule has 0 atom stereocenters. The van der Waals surface area contributed by atoms with Crippen LogP contribution in [0.2, 0.25) is 0 Å². The van der Waals surface area contributed by atoms with Gasteiger partial charge in [-0.05, 0) is 26.0 Å². The van der Waals surface area contributed by atoms with E-state index in [1.807, 2.05) is 19.1 Å². The summed E-state index contributed by atoms with van der Waals surface area (Å²) in [4.78, 5) is 12.6. The van der Waals surface area contributed by atoms with Crippen molar-refractivity contribution in [2.45, 2.75) is 13.8 Å². The Kier molecular flexibility index (Phi) is 2.83. The molecule has 3 rings (SSSR count). The van der Waals surface area contributed by atoms with E-state index in [0.29, 0.717) is 27.7 Å². The molecule has 100 valence electrons. The Hall–Kier alpha value is -2.55. The summed E-state index contributed by atoms with van der Waals surface area (Å²) in [7, 11) is 0. The van der Waals surface area contributed by atoms with Gasteiger partial charge in [0.15, 0.2) is 5.78 Å². The Labute approximate surface area is 116 Å². The quantitative estimate of drug-likeness (QED) is 0.713. The zero-order chi connectivity index (χ0) is 14.3. The van der Waals surface area contributed by atoms with Crippen LogP contribution in [-0.4, -0.2) is 10.9 Å². The molecule has 0 amide bonds. The van der Waals surface area contributed by atoms with Gasteiger partial charge >= 0.3 is 0 Å². The van der Waals surface area contributed by atoms with Crippen LogP contribution in [0.15, 0.2) is 47.1 Å². The number of phenolic OH excluding ortho intramolecular Hbond substituents is 1. The molecule has 0 bridgehead atoms. The molecule has 20 heavy (non-hydrogen) atoms. The molecular formula is C17H14O3. The topological polar surface area (TPSA) is 50.4 Å². The predicted molar refractivity (Wildman–Crippen MR) is 77.2 cm³/mol. The maximum atomic E-state index is 12.6. The molecule has 3 aromatic rings. The Morgan fingerprint density at radius 1 is 1.05 bits per heavy atom. The fourth-order valence-electron chi connectivity index (χ4n) is 2.32. The van der Waals surface area contributed by atoms with Crippen molar-refractivity contribution in [3.05, 3.63) is 64.9 Å². The molecular weight excluding hydrogens is 252 g/mol. The van der Waals surface area contributed by atoms with Crippen LogP contribution < -0.4 is 0 Å². The second-order valence-electron chi connectivity index (χ2n) is 4.93. The lowest BCUT2D eigenvalue weighted by Gasteiger charge is -2.03. The first kappa shape index (κ1) is 12.5. The van der Waals surface area contributed by atoms with Crippen molar-refractivity contribution >= 4 is 16.8 Å². The van der Waals surface area contributed by atoms with Gasteiger partial charge in [0.1, 0.15) is 17.6 Å². The molecule has 0 aliphatic carbocycles. The maximum Gasteiger partial charge on any atom is 0.196 e. The number of fused-ring (bicyclic) bond motifs is 1. The number of carbonyl (C=O) groups excluding carboxylic acids is 1. The van der Waals surface area contributed by atoms with Crippen molar-refractivity contribution in [1.29, 1.82) is 0 Å². The molecule has 0 spiro atoms. The molecule has 0 fully saturated rings. The van der Waals surface area contributed by atoms with Gasteiger partial charge < -0.3 is 9.52 Å². The van der Waals surface area contributed by atoms with Crippen LogP contribution in [0.4, 0.5) is 0 Å². The van der Waals surface area contributed by atoms with Gasteiger partial charge in [-0.15, -0.1) is 0 Å². The molecule has 1 N–H and O–H groups in total. The Bertz CT molecular complexity index is 795. The van der Waals surface area contributed by atoms with Gasteiger partial charge in [0, 0.05) is 16.5 Å². The summed E-state index contributed by atoms with van der Waals surface area (Å²) in [5, 5.41) is 10.5. The number of ketones is 1. The number of aromatic hydroxyl groups is 1. The molecule has 0 saturated heterocycles. The zero-order valence-electron chi connectivity index (χ0n) is 11.3. The minimum absolute atomic E-state index is 0.0996. The molecule has 0 radical (unpaired) electrons. The average Bonchev–Trinajstić information content (AvgIpc) is 2.87. The van der Waals surface area contributed by atoms with E-state index in [4.69, 9.17) is 4.42 Å². The molecule has 3 nitrogen and oxygen atoms in total. The number of carbonyl (C=O) groups is 1. The minimum atomic E-state index is -0.0996. The Morgan fingerprint density at radius 2 is 1.75 bits per heavy atom. The highest BCUT2D eigenvalue weighted by atomic mass is 16.3. The van der Waals surface area contributed by atoms with Gasteiger partial charge in [0.05, 0.1) is 5.56 Å². The first-order valence-electron chi connectivity index (χ1n) is 6.39. The second-order valence-corrected chi connectivity index (χ2v) is 4.93. The number of phenols is 1. The van der Waals surface area contributed by atoms with E-state index >= 15 is 0 Å². The van der Waals surface area contributed by atoms with E-state index in [2.05, 4.69) is 0 Å². The predicted octanol–water partition coefficient (Wildman–Crippen LogP) is 3.99. The number of hydrogen-bond donors (Lipinski definition) is 1. The maximum absolute atomic E-state index is 12.6. The summed E-state index contributed by atoms with van der Waals surface area (Å²) in [6.45, 7) is 3.75. The lowest BCUT2D eigenvalue weighted by molar-refractivity contribution is 0.103.